The summed E-state index contributed by atoms with van der Waals surface area (Å²) in [5, 5.41) is 3.98. The first-order chi connectivity index (χ1) is 13.6. The van der Waals surface area contributed by atoms with Gasteiger partial charge < -0.3 is 5.23 Å². The lowest BCUT2D eigenvalue weighted by molar-refractivity contribution is 1.31. The van der Waals surface area contributed by atoms with E-state index >= 15 is 0 Å². The summed E-state index contributed by atoms with van der Waals surface area (Å²) in [4.78, 5) is 0. The molecule has 150 valence electrons. The van der Waals surface area contributed by atoms with Crippen LogP contribution in [0.5, 0.6) is 0 Å². The molecule has 2 heteroatoms. The molecule has 0 spiro atoms. The fourth-order valence-electron chi connectivity index (χ4n) is 5.13. The summed E-state index contributed by atoms with van der Waals surface area (Å²) in [5.74, 6) is 0. The number of nitrogens with one attached hydrogen (secondary N) is 1. The number of hydrogen-bond donors (Lipinski definition) is 1. The molecule has 3 aromatic carbocycles. The predicted molar refractivity (Wildman–Crippen MR) is 131 cm³/mol. The van der Waals surface area contributed by atoms with Gasteiger partial charge in [0.2, 0.25) is 0 Å². The van der Waals surface area contributed by atoms with Gasteiger partial charge in [-0.2, -0.15) is 0 Å². The van der Waals surface area contributed by atoms with Crippen molar-refractivity contribution in [1.29, 1.82) is 0 Å². The van der Waals surface area contributed by atoms with E-state index in [2.05, 4.69) is 104 Å². The lowest BCUT2D eigenvalue weighted by atomic mass is 9.46. The van der Waals surface area contributed by atoms with Crippen LogP contribution in [0.3, 0.4) is 0 Å². The summed E-state index contributed by atoms with van der Waals surface area (Å²) in [5.41, 5.74) is 16.0. The Balaban J connectivity index is 2.27. The third-order valence-corrected chi connectivity index (χ3v) is 6.02. The van der Waals surface area contributed by atoms with Crippen molar-refractivity contribution in [3.63, 3.8) is 0 Å². The monoisotopic (exact) mass is 383 g/mol. The molecule has 0 radical (unpaired) electrons. The van der Waals surface area contributed by atoms with Gasteiger partial charge in [0.1, 0.15) is 0 Å². The van der Waals surface area contributed by atoms with Crippen LogP contribution in [0.25, 0.3) is 0 Å². The maximum atomic E-state index is 3.98. The molecular weight excluding hydrogens is 349 g/mol. The molecule has 0 heterocycles. The number of anilines is 1. The van der Waals surface area contributed by atoms with Gasteiger partial charge in [0.05, 0.1) is 0 Å². The molecule has 1 N–H and O–H groups in total. The SMILES string of the molecule is Cc1cc(C)c(NB(c2c(C)cc(C)cc2C)c2c(C)cc(C)cc2C)c(C)c1. The smallest absolute Gasteiger partial charge is 0.322 e. The van der Waals surface area contributed by atoms with Crippen LogP contribution < -0.4 is 16.2 Å². The third-order valence-electron chi connectivity index (χ3n) is 6.02. The molecule has 0 aliphatic carbocycles. The normalized spacial score (nSPS) is 10.9. The largest absolute Gasteiger partial charge is 0.420 e. The van der Waals surface area contributed by atoms with Gasteiger partial charge >= 0.3 is 6.85 Å². The minimum absolute atomic E-state index is 0.122. The van der Waals surface area contributed by atoms with Crippen LogP contribution in [0.15, 0.2) is 36.4 Å². The van der Waals surface area contributed by atoms with Gasteiger partial charge in [0, 0.05) is 5.69 Å². The molecule has 0 aliphatic heterocycles. The summed E-state index contributed by atoms with van der Waals surface area (Å²) in [7, 11) is 0. The van der Waals surface area contributed by atoms with Crippen molar-refractivity contribution in [2.45, 2.75) is 62.3 Å². The van der Waals surface area contributed by atoms with Crippen LogP contribution in [0, 0.1) is 62.3 Å². The molecule has 0 bridgehead atoms. The van der Waals surface area contributed by atoms with Crippen molar-refractivity contribution in [3.05, 3.63) is 86.5 Å². The van der Waals surface area contributed by atoms with E-state index in [0.29, 0.717) is 0 Å². The van der Waals surface area contributed by atoms with Crippen LogP contribution in [0.1, 0.15) is 50.1 Å². The second kappa shape index (κ2) is 8.10. The molecule has 0 aliphatic rings. The molecular formula is C27H34BN. The van der Waals surface area contributed by atoms with Gasteiger partial charge in [-0.05, 0) is 84.4 Å². The first kappa shape index (κ1) is 21.2. The van der Waals surface area contributed by atoms with Gasteiger partial charge in [-0.25, -0.2) is 0 Å². The van der Waals surface area contributed by atoms with E-state index in [1.165, 1.54) is 66.7 Å². The van der Waals surface area contributed by atoms with E-state index in [4.69, 9.17) is 0 Å². The molecule has 0 saturated carbocycles. The van der Waals surface area contributed by atoms with E-state index in [1.807, 2.05) is 0 Å². The maximum Gasteiger partial charge on any atom is 0.322 e. The average Bonchev–Trinajstić information content (AvgIpc) is 2.55. The average molecular weight is 383 g/mol. The summed E-state index contributed by atoms with van der Waals surface area (Å²) in [6, 6.07) is 13.8. The molecule has 0 saturated heterocycles. The maximum absolute atomic E-state index is 3.98. The van der Waals surface area contributed by atoms with Crippen LogP contribution >= 0.6 is 0 Å². The van der Waals surface area contributed by atoms with Crippen molar-refractivity contribution < 1.29 is 0 Å². The Morgan fingerprint density at radius 1 is 0.448 bits per heavy atom. The summed E-state index contributed by atoms with van der Waals surface area (Å²) in [6.07, 6.45) is 0. The topological polar surface area (TPSA) is 12.0 Å². The summed E-state index contributed by atoms with van der Waals surface area (Å²) >= 11 is 0. The lowest BCUT2D eigenvalue weighted by Gasteiger charge is -2.27. The number of benzene rings is 3. The third kappa shape index (κ3) is 4.27. The van der Waals surface area contributed by atoms with E-state index in [0.717, 1.165) is 0 Å². The van der Waals surface area contributed by atoms with E-state index in [1.54, 1.807) is 0 Å². The standard InChI is InChI=1S/C27H34BN/c1-16-10-19(4)25(20(5)11-16)28(26-21(6)12-17(2)13-22(26)7)29-27-23(8)14-18(3)15-24(27)9/h10-15,29H,1-9H3. The lowest BCUT2D eigenvalue weighted by Crippen LogP contribution is -2.53. The Labute approximate surface area is 177 Å². The van der Waals surface area contributed by atoms with Crippen molar-refractivity contribution in [3.8, 4) is 0 Å². The van der Waals surface area contributed by atoms with Gasteiger partial charge in [-0.3, -0.25) is 0 Å². The second-order valence-electron chi connectivity index (χ2n) is 8.98. The van der Waals surface area contributed by atoms with E-state index in [9.17, 15) is 0 Å². The molecule has 0 fully saturated rings. The van der Waals surface area contributed by atoms with Crippen LogP contribution in [0.2, 0.25) is 0 Å². The minimum Gasteiger partial charge on any atom is -0.420 e. The fraction of sp³-hybridized carbons (Fsp3) is 0.333. The van der Waals surface area contributed by atoms with Crippen LogP contribution in [0.4, 0.5) is 5.69 Å². The quantitative estimate of drug-likeness (QED) is 0.572. The minimum atomic E-state index is 0.122. The predicted octanol–water partition coefficient (Wildman–Crippen LogP) is 5.68. The zero-order valence-corrected chi connectivity index (χ0v) is 19.5. The Morgan fingerprint density at radius 2 is 0.724 bits per heavy atom. The molecule has 29 heavy (non-hydrogen) atoms. The molecule has 0 unspecified atom stereocenters. The van der Waals surface area contributed by atoms with E-state index < -0.39 is 0 Å². The van der Waals surface area contributed by atoms with Crippen LogP contribution in [-0.4, -0.2) is 6.85 Å². The number of aryl methyl sites for hydroxylation is 9. The highest BCUT2D eigenvalue weighted by molar-refractivity contribution is 6.89. The fourth-order valence-corrected chi connectivity index (χ4v) is 5.13. The molecule has 3 aromatic rings. The molecule has 1 nitrogen and oxygen atoms in total. The second-order valence-corrected chi connectivity index (χ2v) is 8.98. The highest BCUT2D eigenvalue weighted by Gasteiger charge is 2.28. The van der Waals surface area contributed by atoms with Crippen LogP contribution in [-0.2, 0) is 0 Å². The Kier molecular flexibility index (Phi) is 5.94. The molecule has 3 rings (SSSR count). The van der Waals surface area contributed by atoms with Crippen molar-refractivity contribution >= 4 is 23.5 Å². The number of hydrogen-bond acceptors (Lipinski definition) is 1. The van der Waals surface area contributed by atoms with Gasteiger partial charge in [-0.15, -0.1) is 0 Å². The summed E-state index contributed by atoms with van der Waals surface area (Å²) in [6.45, 7) is 20.1. The number of rotatable bonds is 4. The first-order valence-electron chi connectivity index (χ1n) is 10.6. The Bertz CT molecular complexity index is 951. The summed E-state index contributed by atoms with van der Waals surface area (Å²) < 4.78 is 0. The first-order valence-corrected chi connectivity index (χ1v) is 10.6. The van der Waals surface area contributed by atoms with Gasteiger partial charge in [0.15, 0.2) is 0 Å². The molecule has 0 atom stereocenters. The van der Waals surface area contributed by atoms with Gasteiger partial charge in [0.25, 0.3) is 0 Å². The zero-order chi connectivity index (χ0) is 21.5. The van der Waals surface area contributed by atoms with Crippen molar-refractivity contribution in [2.24, 2.45) is 0 Å². The van der Waals surface area contributed by atoms with Crippen molar-refractivity contribution in [1.82, 2.24) is 0 Å². The molecule has 0 aromatic heterocycles. The van der Waals surface area contributed by atoms with E-state index in [-0.39, 0.29) is 6.85 Å². The highest BCUT2D eigenvalue weighted by atomic mass is 14.8. The zero-order valence-electron chi connectivity index (χ0n) is 19.5. The molecule has 0 amide bonds. The Hall–Kier alpha value is -2.48. The Morgan fingerprint density at radius 3 is 1.03 bits per heavy atom. The van der Waals surface area contributed by atoms with Gasteiger partial charge in [-0.1, -0.05) is 75.3 Å². The van der Waals surface area contributed by atoms with Crippen molar-refractivity contribution in [2.75, 3.05) is 5.23 Å². The highest BCUT2D eigenvalue weighted by Crippen LogP contribution is 2.23.